The summed E-state index contributed by atoms with van der Waals surface area (Å²) >= 11 is 0. The Bertz CT molecular complexity index is 793. The van der Waals surface area contributed by atoms with E-state index in [2.05, 4.69) is 31.2 Å². The van der Waals surface area contributed by atoms with Crippen LogP contribution in [0.25, 0.3) is 0 Å². The van der Waals surface area contributed by atoms with Crippen LogP contribution in [0.15, 0.2) is 36.4 Å². The Morgan fingerprint density at radius 2 is 1.71 bits per heavy atom. The second-order valence-corrected chi connectivity index (χ2v) is 6.62. The van der Waals surface area contributed by atoms with Crippen LogP contribution in [-0.4, -0.2) is 51.8 Å². The van der Waals surface area contributed by atoms with Crippen LogP contribution in [0, 0.1) is 0 Å². The van der Waals surface area contributed by atoms with Gasteiger partial charge in [-0.1, -0.05) is 31.2 Å². The van der Waals surface area contributed by atoms with Crippen molar-refractivity contribution in [2.45, 2.75) is 19.4 Å². The van der Waals surface area contributed by atoms with Gasteiger partial charge in [-0.3, -0.25) is 4.79 Å². The highest BCUT2D eigenvalue weighted by molar-refractivity contribution is 5.95. The lowest BCUT2D eigenvalue weighted by Crippen LogP contribution is -2.42. The molecule has 1 amide bonds. The van der Waals surface area contributed by atoms with E-state index in [0.29, 0.717) is 42.5 Å². The van der Waals surface area contributed by atoms with E-state index in [0.717, 1.165) is 12.0 Å². The Hall–Kier alpha value is -2.73. The first kappa shape index (κ1) is 20.0. The zero-order chi connectivity index (χ0) is 20.1. The molecular weight excluding hydrogens is 358 g/mol. The molecule has 150 valence electrons. The minimum atomic E-state index is -0.134. The highest BCUT2D eigenvalue weighted by Gasteiger charge is 2.27. The van der Waals surface area contributed by atoms with Crippen molar-refractivity contribution in [3.63, 3.8) is 0 Å². The maximum absolute atomic E-state index is 13.1. The smallest absolute Gasteiger partial charge is 0.254 e. The molecule has 0 saturated carbocycles. The quantitative estimate of drug-likeness (QED) is 0.762. The summed E-state index contributed by atoms with van der Waals surface area (Å²) in [5.74, 6) is 1.31. The fraction of sp³-hybridized carbons (Fsp3) is 0.409. The Balaban J connectivity index is 1.81. The molecule has 1 atom stereocenters. The summed E-state index contributed by atoms with van der Waals surface area (Å²) in [6.45, 7) is 3.67. The first-order valence-corrected chi connectivity index (χ1v) is 9.41. The van der Waals surface area contributed by atoms with Crippen molar-refractivity contribution in [2.75, 3.05) is 41.0 Å². The minimum absolute atomic E-state index is 0.0854. The molecule has 1 aliphatic heterocycles. The molecule has 2 aromatic rings. The van der Waals surface area contributed by atoms with Gasteiger partial charge in [-0.2, -0.15) is 0 Å². The fourth-order valence-electron chi connectivity index (χ4n) is 3.39. The third-order valence-electron chi connectivity index (χ3n) is 5.03. The molecule has 0 aromatic heterocycles. The van der Waals surface area contributed by atoms with Crippen LogP contribution in [0.4, 0.5) is 0 Å². The van der Waals surface area contributed by atoms with Crippen molar-refractivity contribution in [3.8, 4) is 17.2 Å². The number of ether oxygens (including phenoxy) is 4. The van der Waals surface area contributed by atoms with Crippen molar-refractivity contribution < 1.29 is 23.7 Å². The fourth-order valence-corrected chi connectivity index (χ4v) is 3.39. The van der Waals surface area contributed by atoms with Gasteiger partial charge in [0.15, 0.2) is 11.5 Å². The van der Waals surface area contributed by atoms with Crippen molar-refractivity contribution >= 4 is 5.91 Å². The van der Waals surface area contributed by atoms with Gasteiger partial charge >= 0.3 is 0 Å². The number of hydrogen-bond acceptors (Lipinski definition) is 5. The molecule has 2 aromatic carbocycles. The number of benzene rings is 2. The number of nitrogens with zero attached hydrogens (tertiary/aromatic N) is 1. The molecule has 28 heavy (non-hydrogen) atoms. The molecular formula is C22H27NO5. The molecule has 0 aliphatic carbocycles. The monoisotopic (exact) mass is 385 g/mol. The van der Waals surface area contributed by atoms with E-state index < -0.39 is 0 Å². The van der Waals surface area contributed by atoms with E-state index in [1.807, 2.05) is 4.90 Å². The van der Waals surface area contributed by atoms with Crippen LogP contribution in [-0.2, 0) is 11.2 Å². The standard InChI is InChI=1S/C22H27NO5/c1-5-15-6-8-16(9-7-15)20-14-23(10-11-28-20)22(24)17-12-18(25-2)21(27-4)19(13-17)26-3/h6-9,12-13,20H,5,10-11,14H2,1-4H3. The molecule has 6 nitrogen and oxygen atoms in total. The lowest BCUT2D eigenvalue weighted by Gasteiger charge is -2.33. The molecule has 1 fully saturated rings. The van der Waals surface area contributed by atoms with Gasteiger partial charge in [0.25, 0.3) is 5.91 Å². The number of hydrogen-bond donors (Lipinski definition) is 0. The summed E-state index contributed by atoms with van der Waals surface area (Å²) in [5.41, 5.74) is 2.86. The highest BCUT2D eigenvalue weighted by Crippen LogP contribution is 2.38. The number of carbonyl (C=O) groups is 1. The number of methoxy groups -OCH3 is 3. The van der Waals surface area contributed by atoms with E-state index in [-0.39, 0.29) is 12.0 Å². The third kappa shape index (κ3) is 4.07. The summed E-state index contributed by atoms with van der Waals surface area (Å²) in [4.78, 5) is 14.9. The Labute approximate surface area is 166 Å². The molecule has 0 N–H and O–H groups in total. The van der Waals surface area contributed by atoms with Crippen molar-refractivity contribution in [1.29, 1.82) is 0 Å². The van der Waals surface area contributed by atoms with Gasteiger partial charge in [-0.15, -0.1) is 0 Å². The van der Waals surface area contributed by atoms with E-state index in [4.69, 9.17) is 18.9 Å². The van der Waals surface area contributed by atoms with E-state index in [1.165, 1.54) is 26.9 Å². The topological polar surface area (TPSA) is 57.2 Å². The molecule has 1 aliphatic rings. The maximum atomic E-state index is 13.1. The van der Waals surface area contributed by atoms with Gasteiger partial charge in [0.1, 0.15) is 6.10 Å². The van der Waals surface area contributed by atoms with Crippen molar-refractivity contribution in [1.82, 2.24) is 4.90 Å². The van der Waals surface area contributed by atoms with Crippen LogP contribution in [0.3, 0.4) is 0 Å². The molecule has 1 heterocycles. The Morgan fingerprint density at radius 3 is 2.25 bits per heavy atom. The number of rotatable bonds is 6. The van der Waals surface area contributed by atoms with Gasteiger partial charge in [0, 0.05) is 12.1 Å². The van der Waals surface area contributed by atoms with Crippen molar-refractivity contribution in [2.24, 2.45) is 0 Å². The predicted molar refractivity (Wildman–Crippen MR) is 107 cm³/mol. The summed E-state index contributed by atoms with van der Waals surface area (Å²) in [5, 5.41) is 0. The largest absolute Gasteiger partial charge is 0.493 e. The average Bonchev–Trinajstić information content (AvgIpc) is 2.77. The number of aryl methyl sites for hydroxylation is 1. The molecule has 0 bridgehead atoms. The summed E-state index contributed by atoms with van der Waals surface area (Å²) in [7, 11) is 4.62. The van der Waals surface area contributed by atoms with Gasteiger partial charge < -0.3 is 23.8 Å². The molecule has 6 heteroatoms. The summed E-state index contributed by atoms with van der Waals surface area (Å²) in [6.07, 6.45) is 0.864. The van der Waals surface area contributed by atoms with Crippen LogP contribution >= 0.6 is 0 Å². The maximum Gasteiger partial charge on any atom is 0.254 e. The van der Waals surface area contributed by atoms with Gasteiger partial charge in [-0.25, -0.2) is 0 Å². The second-order valence-electron chi connectivity index (χ2n) is 6.62. The second kappa shape index (κ2) is 8.97. The number of carbonyl (C=O) groups excluding carboxylic acids is 1. The van der Waals surface area contributed by atoms with E-state index >= 15 is 0 Å². The first-order valence-electron chi connectivity index (χ1n) is 9.41. The molecule has 1 saturated heterocycles. The van der Waals surface area contributed by atoms with Gasteiger partial charge in [-0.05, 0) is 29.7 Å². The normalized spacial score (nSPS) is 16.6. The highest BCUT2D eigenvalue weighted by atomic mass is 16.5. The lowest BCUT2D eigenvalue weighted by molar-refractivity contribution is -0.0228. The van der Waals surface area contributed by atoms with Gasteiger partial charge in [0.05, 0.1) is 34.5 Å². The zero-order valence-electron chi connectivity index (χ0n) is 16.9. The average molecular weight is 385 g/mol. The molecule has 1 unspecified atom stereocenters. The Kier molecular flexibility index (Phi) is 6.41. The first-order chi connectivity index (χ1) is 13.6. The van der Waals surface area contributed by atoms with Crippen LogP contribution in [0.2, 0.25) is 0 Å². The number of amides is 1. The molecule has 0 spiro atoms. The number of morpholine rings is 1. The zero-order valence-corrected chi connectivity index (χ0v) is 16.9. The van der Waals surface area contributed by atoms with Crippen molar-refractivity contribution in [3.05, 3.63) is 53.1 Å². The lowest BCUT2D eigenvalue weighted by atomic mass is 10.0. The van der Waals surface area contributed by atoms with E-state index in [9.17, 15) is 4.79 Å². The summed E-state index contributed by atoms with van der Waals surface area (Å²) < 4.78 is 22.0. The van der Waals surface area contributed by atoms with Crippen LogP contribution in [0.1, 0.15) is 34.5 Å². The van der Waals surface area contributed by atoms with Gasteiger partial charge in [0.2, 0.25) is 5.75 Å². The SMILES string of the molecule is CCc1ccc(C2CN(C(=O)c3cc(OC)c(OC)c(OC)c3)CCO2)cc1. The Morgan fingerprint density at radius 1 is 1.07 bits per heavy atom. The molecule has 3 rings (SSSR count). The van der Waals surface area contributed by atoms with E-state index in [1.54, 1.807) is 12.1 Å². The van der Waals surface area contributed by atoms with Crippen LogP contribution in [0.5, 0.6) is 17.2 Å². The predicted octanol–water partition coefficient (Wildman–Crippen LogP) is 3.49. The summed E-state index contributed by atoms with van der Waals surface area (Å²) in [6, 6.07) is 11.7. The third-order valence-corrected chi connectivity index (χ3v) is 5.03. The van der Waals surface area contributed by atoms with Crippen LogP contribution < -0.4 is 14.2 Å². The molecule has 0 radical (unpaired) electrons. The minimum Gasteiger partial charge on any atom is -0.493 e.